The van der Waals surface area contributed by atoms with E-state index in [9.17, 15) is 0 Å². The predicted molar refractivity (Wildman–Crippen MR) is 87.0 cm³/mol. The van der Waals surface area contributed by atoms with Crippen molar-refractivity contribution in [3.05, 3.63) is 62.5 Å². The maximum absolute atomic E-state index is 6.03. The molecule has 0 N–H and O–H groups in total. The minimum Gasteiger partial charge on any atom is -0.431 e. The molecule has 0 atom stereocenters. The van der Waals surface area contributed by atoms with Crippen LogP contribution >= 0.6 is 36.0 Å². The molecule has 1 aromatic heterocycles. The number of aromatic nitrogens is 1. The molecule has 0 radical (unpaired) electrons. The van der Waals surface area contributed by atoms with Gasteiger partial charge in [-0.3, -0.25) is 4.57 Å². The van der Waals surface area contributed by atoms with Crippen molar-refractivity contribution in [1.82, 2.24) is 4.57 Å². The Balaban J connectivity index is 2.42. The Morgan fingerprint density at radius 3 is 2.65 bits per heavy atom. The molecule has 0 fully saturated rings. The lowest BCUT2D eigenvalue weighted by Gasteiger charge is -2.09. The molecule has 2 nitrogen and oxygen atoms in total. The largest absolute Gasteiger partial charge is 0.431 e. The van der Waals surface area contributed by atoms with Gasteiger partial charge in [0.25, 0.3) is 4.84 Å². The number of hydrogen-bond acceptors (Lipinski definition) is 3. The van der Waals surface area contributed by atoms with Crippen LogP contribution in [-0.4, -0.2) is 4.57 Å². The van der Waals surface area contributed by atoms with Crippen molar-refractivity contribution >= 4 is 47.0 Å². The number of fused-ring (bicyclic) bond motifs is 1. The lowest BCUT2D eigenvalue weighted by molar-refractivity contribution is 0.537. The summed E-state index contributed by atoms with van der Waals surface area (Å²) in [6, 6.07) is 13.2. The molecule has 5 heteroatoms. The second kappa shape index (κ2) is 5.13. The molecule has 3 rings (SSSR count). The molecule has 0 spiro atoms. The summed E-state index contributed by atoms with van der Waals surface area (Å²) in [4.78, 5) is 0.314. The van der Waals surface area contributed by atoms with E-state index in [4.69, 9.17) is 40.5 Å². The molecular formula is C15H10ClNOS2. The van der Waals surface area contributed by atoms with Crippen molar-refractivity contribution in [2.24, 2.45) is 0 Å². The van der Waals surface area contributed by atoms with Gasteiger partial charge in [-0.2, -0.15) is 0 Å². The number of halogens is 1. The minimum absolute atomic E-state index is 0.314. The zero-order valence-corrected chi connectivity index (χ0v) is 13.0. The van der Waals surface area contributed by atoms with E-state index in [2.05, 4.69) is 0 Å². The molecule has 0 saturated carbocycles. The summed E-state index contributed by atoms with van der Waals surface area (Å²) in [5.74, 6) is 0. The summed E-state index contributed by atoms with van der Waals surface area (Å²) in [7, 11) is 0. The number of hydrogen-bond donors (Lipinski definition) is 0. The first-order chi connectivity index (χ1) is 9.56. The van der Waals surface area contributed by atoms with Crippen LogP contribution in [-0.2, 0) is 0 Å². The van der Waals surface area contributed by atoms with Gasteiger partial charge < -0.3 is 4.42 Å². The van der Waals surface area contributed by atoms with E-state index in [0.717, 1.165) is 16.6 Å². The van der Waals surface area contributed by atoms with Crippen LogP contribution in [0.25, 0.3) is 16.7 Å². The maximum Gasteiger partial charge on any atom is 0.274 e. The summed E-state index contributed by atoms with van der Waals surface area (Å²) in [5, 5.41) is 1.50. The van der Waals surface area contributed by atoms with Gasteiger partial charge in [0.2, 0.25) is 0 Å². The molecule has 2 aromatic carbocycles. The van der Waals surface area contributed by atoms with Crippen molar-refractivity contribution in [2.45, 2.75) is 6.92 Å². The maximum atomic E-state index is 6.03. The van der Waals surface area contributed by atoms with Crippen molar-refractivity contribution in [2.75, 3.05) is 0 Å². The summed E-state index contributed by atoms with van der Waals surface area (Å²) in [6.07, 6.45) is 0. The Kier molecular flexibility index (Phi) is 3.46. The highest BCUT2D eigenvalue weighted by Gasteiger charge is 2.07. The highest BCUT2D eigenvalue weighted by atomic mass is 35.5. The first-order valence-electron chi connectivity index (χ1n) is 5.99. The topological polar surface area (TPSA) is 18.1 Å². The second-order valence-corrected chi connectivity index (χ2v) is 5.66. The first-order valence-corrected chi connectivity index (χ1v) is 7.18. The third-order valence-electron chi connectivity index (χ3n) is 3.01. The molecule has 0 aliphatic carbocycles. The molecule has 100 valence electrons. The van der Waals surface area contributed by atoms with E-state index < -0.39 is 0 Å². The number of rotatable bonds is 1. The number of aryl methyl sites for hydroxylation is 1. The van der Waals surface area contributed by atoms with E-state index in [1.54, 1.807) is 10.6 Å². The highest BCUT2D eigenvalue weighted by molar-refractivity contribution is 7.72. The SMILES string of the molecule is Cc1ccc2oc(=S)n(-c3cccc(Cl)c3)c(=S)c2c1. The Morgan fingerprint density at radius 2 is 1.90 bits per heavy atom. The van der Waals surface area contributed by atoms with E-state index >= 15 is 0 Å². The van der Waals surface area contributed by atoms with Crippen LogP contribution in [0, 0.1) is 16.4 Å². The van der Waals surface area contributed by atoms with E-state index in [-0.39, 0.29) is 0 Å². The smallest absolute Gasteiger partial charge is 0.274 e. The van der Waals surface area contributed by atoms with Crippen molar-refractivity contribution in [3.63, 3.8) is 0 Å². The molecule has 0 aliphatic rings. The van der Waals surface area contributed by atoms with Crippen LogP contribution < -0.4 is 0 Å². The Hall–Kier alpha value is -1.49. The molecule has 3 aromatic rings. The third-order valence-corrected chi connectivity index (χ3v) is 3.92. The standard InChI is InChI=1S/C15H10ClNOS2/c1-9-5-6-13-12(7-9)14(19)17(15(20)18-13)11-4-2-3-10(16)8-11/h2-8H,1H3. The van der Waals surface area contributed by atoms with Crippen LogP contribution in [0.15, 0.2) is 46.9 Å². The highest BCUT2D eigenvalue weighted by Crippen LogP contribution is 2.22. The summed E-state index contributed by atoms with van der Waals surface area (Å²) in [6.45, 7) is 2.01. The molecular weight excluding hydrogens is 310 g/mol. The van der Waals surface area contributed by atoms with Gasteiger partial charge in [-0.25, -0.2) is 0 Å². The van der Waals surface area contributed by atoms with Gasteiger partial charge in [-0.05, 0) is 49.5 Å². The zero-order valence-electron chi connectivity index (χ0n) is 10.6. The molecule has 0 amide bonds. The van der Waals surface area contributed by atoms with Crippen LogP contribution in [0.1, 0.15) is 5.56 Å². The van der Waals surface area contributed by atoms with Crippen LogP contribution in [0.4, 0.5) is 0 Å². The van der Waals surface area contributed by atoms with Gasteiger partial charge >= 0.3 is 0 Å². The van der Waals surface area contributed by atoms with Crippen LogP contribution in [0.3, 0.4) is 0 Å². The molecule has 20 heavy (non-hydrogen) atoms. The average Bonchev–Trinajstić information content (AvgIpc) is 2.40. The Bertz CT molecular complexity index is 927. The van der Waals surface area contributed by atoms with E-state index in [1.165, 1.54) is 0 Å². The van der Waals surface area contributed by atoms with Gasteiger partial charge in [-0.1, -0.05) is 41.5 Å². The Labute approximate surface area is 131 Å². The summed E-state index contributed by atoms with van der Waals surface area (Å²) >= 11 is 16.9. The van der Waals surface area contributed by atoms with Gasteiger partial charge in [0.05, 0.1) is 11.1 Å². The number of benzene rings is 2. The molecule has 0 unspecified atom stereocenters. The van der Waals surface area contributed by atoms with Gasteiger partial charge in [0, 0.05) is 5.02 Å². The van der Waals surface area contributed by atoms with E-state index in [0.29, 0.717) is 20.1 Å². The predicted octanol–water partition coefficient (Wildman–Crippen LogP) is 5.64. The monoisotopic (exact) mass is 319 g/mol. The quantitative estimate of drug-likeness (QED) is 0.540. The summed E-state index contributed by atoms with van der Waals surface area (Å²) in [5.41, 5.74) is 2.62. The first kappa shape index (κ1) is 13.5. The fourth-order valence-corrected chi connectivity index (χ4v) is 2.96. The molecule has 1 heterocycles. The molecule has 0 aliphatic heterocycles. The van der Waals surface area contributed by atoms with Gasteiger partial charge in [0.1, 0.15) is 10.2 Å². The lowest BCUT2D eigenvalue weighted by Crippen LogP contribution is -1.99. The van der Waals surface area contributed by atoms with Crippen LogP contribution in [0.2, 0.25) is 5.02 Å². The fourth-order valence-electron chi connectivity index (χ4n) is 2.08. The minimum atomic E-state index is 0.314. The zero-order chi connectivity index (χ0) is 14.3. The normalized spacial score (nSPS) is 10.9. The van der Waals surface area contributed by atoms with Crippen LogP contribution in [0.5, 0.6) is 0 Å². The Morgan fingerprint density at radius 1 is 1.10 bits per heavy atom. The molecule has 0 saturated heterocycles. The van der Waals surface area contributed by atoms with E-state index in [1.807, 2.05) is 43.3 Å². The van der Waals surface area contributed by atoms with Gasteiger partial charge in [0.15, 0.2) is 0 Å². The third kappa shape index (κ3) is 2.30. The number of nitrogens with zero attached hydrogens (tertiary/aromatic N) is 1. The molecule has 0 bridgehead atoms. The lowest BCUT2D eigenvalue weighted by atomic mass is 10.2. The summed E-state index contributed by atoms with van der Waals surface area (Å²) < 4.78 is 8.04. The van der Waals surface area contributed by atoms with Gasteiger partial charge in [-0.15, -0.1) is 0 Å². The second-order valence-electron chi connectivity index (χ2n) is 4.49. The fraction of sp³-hybridized carbons (Fsp3) is 0.0667. The average molecular weight is 320 g/mol. The van der Waals surface area contributed by atoms with Crippen molar-refractivity contribution < 1.29 is 4.42 Å². The van der Waals surface area contributed by atoms with Crippen molar-refractivity contribution in [3.8, 4) is 5.69 Å². The van der Waals surface area contributed by atoms with Crippen molar-refractivity contribution in [1.29, 1.82) is 0 Å².